The number of Topliss-reactive ketones (excluding diaryl/α,β-unsaturated/α-hetero) is 1. The largest absolute Gasteiger partial charge is 0.458 e. The normalized spacial score (nSPS) is 47.6. The van der Waals surface area contributed by atoms with E-state index in [0.29, 0.717) is 19.3 Å². The van der Waals surface area contributed by atoms with Crippen LogP contribution in [0.3, 0.4) is 0 Å². The maximum absolute atomic E-state index is 13.1. The van der Waals surface area contributed by atoms with Crippen LogP contribution in [0.1, 0.15) is 66.2 Å². The summed E-state index contributed by atoms with van der Waals surface area (Å²) in [7, 11) is 0. The molecule has 0 aliphatic heterocycles. The molecule has 0 unspecified atom stereocenters. The van der Waals surface area contributed by atoms with Gasteiger partial charge in [0.1, 0.15) is 5.60 Å². The van der Waals surface area contributed by atoms with Crippen LogP contribution in [0.4, 0.5) is 0 Å². The van der Waals surface area contributed by atoms with Gasteiger partial charge in [-0.15, -0.1) is 0 Å². The van der Waals surface area contributed by atoms with E-state index >= 15 is 0 Å². The number of ketones is 2. The fraction of sp³-hybridized carbons (Fsp3) is 0.792. The first kappa shape index (κ1) is 21.7. The Bertz CT molecular complexity index is 817. The summed E-state index contributed by atoms with van der Waals surface area (Å²) in [6.07, 6.45) is 5.15. The third-order valence-electron chi connectivity index (χ3n) is 9.31. The zero-order valence-corrected chi connectivity index (χ0v) is 18.4. The number of hydrogen-bond donors (Lipinski definition) is 2. The van der Waals surface area contributed by atoms with Gasteiger partial charge in [0.25, 0.3) is 0 Å². The van der Waals surface area contributed by atoms with Crippen molar-refractivity contribution in [3.8, 4) is 0 Å². The summed E-state index contributed by atoms with van der Waals surface area (Å²) in [4.78, 5) is 36.3. The van der Waals surface area contributed by atoms with Crippen molar-refractivity contribution in [1.82, 2.24) is 0 Å². The summed E-state index contributed by atoms with van der Waals surface area (Å²) in [5.41, 5.74) is -1.44. The summed E-state index contributed by atoms with van der Waals surface area (Å²) >= 11 is 0. The molecule has 0 heterocycles. The smallest absolute Gasteiger partial charge is 0.303 e. The predicted octanol–water partition coefficient (Wildman–Crippen LogP) is 2.60. The molecule has 0 aromatic heterocycles. The molecule has 0 bridgehead atoms. The standard InChI is InChI=1S/C24H34O6/c1-13-9-18-17-6-5-15-10-16(26)7-8-22(15,3)21(17)19(27)11-23(18,4)24(13,29)20(28)12-30-14(2)25/h10,13,17-19,21,27,29H,5-9,11-12H2,1-4H3/t13-,17-,18+,19-,21+,22-,23+,24-/m0/s1. The molecule has 0 aromatic rings. The van der Waals surface area contributed by atoms with Gasteiger partial charge in [0.05, 0.1) is 6.10 Å². The molecule has 0 amide bonds. The number of ether oxygens (including phenoxy) is 1. The van der Waals surface area contributed by atoms with Crippen LogP contribution in [0.25, 0.3) is 0 Å². The number of allylic oxidation sites excluding steroid dienone is 1. The quantitative estimate of drug-likeness (QED) is 0.683. The lowest BCUT2D eigenvalue weighted by Crippen LogP contribution is -2.63. The fourth-order valence-corrected chi connectivity index (χ4v) is 7.89. The Kier molecular flexibility index (Phi) is 5.06. The number of fused-ring (bicyclic) bond motifs is 5. The van der Waals surface area contributed by atoms with E-state index in [1.165, 1.54) is 6.92 Å². The highest BCUT2D eigenvalue weighted by atomic mass is 16.5. The molecule has 6 heteroatoms. The molecule has 6 nitrogen and oxygen atoms in total. The Labute approximate surface area is 178 Å². The predicted molar refractivity (Wildman–Crippen MR) is 109 cm³/mol. The highest BCUT2D eigenvalue weighted by molar-refractivity contribution is 5.92. The van der Waals surface area contributed by atoms with Crippen molar-refractivity contribution in [2.75, 3.05) is 6.61 Å². The first-order valence-electron chi connectivity index (χ1n) is 11.3. The van der Waals surface area contributed by atoms with Crippen LogP contribution < -0.4 is 0 Å². The van der Waals surface area contributed by atoms with E-state index in [1.807, 2.05) is 13.8 Å². The van der Waals surface area contributed by atoms with Crippen molar-refractivity contribution in [3.63, 3.8) is 0 Å². The molecule has 3 saturated carbocycles. The van der Waals surface area contributed by atoms with E-state index in [0.717, 1.165) is 24.8 Å². The number of rotatable bonds is 3. The lowest BCUT2D eigenvalue weighted by molar-refractivity contribution is -0.188. The number of carbonyl (C=O) groups is 3. The zero-order valence-electron chi connectivity index (χ0n) is 18.4. The molecular weight excluding hydrogens is 384 g/mol. The van der Waals surface area contributed by atoms with Gasteiger partial charge in [-0.1, -0.05) is 26.3 Å². The van der Waals surface area contributed by atoms with Crippen molar-refractivity contribution in [3.05, 3.63) is 11.6 Å². The zero-order chi connectivity index (χ0) is 22.1. The van der Waals surface area contributed by atoms with Gasteiger partial charge in [0.2, 0.25) is 5.78 Å². The molecule has 0 radical (unpaired) electrons. The van der Waals surface area contributed by atoms with Gasteiger partial charge in [-0.05, 0) is 67.3 Å². The molecule has 8 atom stereocenters. The Morgan fingerprint density at radius 1 is 1.27 bits per heavy atom. The second-order valence-corrected chi connectivity index (χ2v) is 10.7. The molecule has 0 aromatic carbocycles. The van der Waals surface area contributed by atoms with Crippen LogP contribution in [0.15, 0.2) is 11.6 Å². The molecular formula is C24H34O6. The molecule has 2 N–H and O–H groups in total. The number of esters is 1. The SMILES string of the molecule is CC(=O)OCC(=O)[C@@]1(O)[C@@H](C)C[C@@H]2[C@@H]3CCC4=CC(=O)CC[C@]4(C)[C@H]3[C@@H](O)C[C@]21C. The molecule has 4 rings (SSSR count). The molecule has 3 fully saturated rings. The third kappa shape index (κ3) is 2.79. The monoisotopic (exact) mass is 418 g/mol. The van der Waals surface area contributed by atoms with Gasteiger partial charge in [-0.25, -0.2) is 0 Å². The molecule has 4 aliphatic carbocycles. The highest BCUT2D eigenvalue weighted by Gasteiger charge is 2.70. The van der Waals surface area contributed by atoms with Crippen molar-refractivity contribution in [1.29, 1.82) is 0 Å². The van der Waals surface area contributed by atoms with E-state index in [2.05, 4.69) is 6.92 Å². The number of hydrogen-bond acceptors (Lipinski definition) is 6. The van der Waals surface area contributed by atoms with Crippen LogP contribution in [-0.2, 0) is 19.1 Å². The summed E-state index contributed by atoms with van der Waals surface area (Å²) in [5, 5.41) is 23.1. The van der Waals surface area contributed by atoms with Crippen molar-refractivity contribution < 1.29 is 29.3 Å². The summed E-state index contributed by atoms with van der Waals surface area (Å²) in [5.74, 6) is -0.798. The van der Waals surface area contributed by atoms with Crippen LogP contribution >= 0.6 is 0 Å². The molecule has 0 saturated heterocycles. The van der Waals surface area contributed by atoms with Gasteiger partial charge in [0.15, 0.2) is 12.4 Å². The van der Waals surface area contributed by atoms with E-state index in [9.17, 15) is 24.6 Å². The maximum atomic E-state index is 13.1. The van der Waals surface area contributed by atoms with Crippen molar-refractivity contribution in [2.45, 2.75) is 77.9 Å². The average Bonchev–Trinajstić information content (AvgIpc) is 2.87. The Morgan fingerprint density at radius 2 is 1.97 bits per heavy atom. The second kappa shape index (κ2) is 6.99. The Morgan fingerprint density at radius 3 is 2.63 bits per heavy atom. The van der Waals surface area contributed by atoms with Crippen LogP contribution in [-0.4, -0.2) is 46.1 Å². The average molecular weight is 419 g/mol. The van der Waals surface area contributed by atoms with Gasteiger partial charge in [-0.2, -0.15) is 0 Å². The summed E-state index contributed by atoms with van der Waals surface area (Å²) in [6.45, 7) is 6.83. The molecule has 4 aliphatic rings. The van der Waals surface area contributed by atoms with Crippen molar-refractivity contribution >= 4 is 17.5 Å². The first-order valence-corrected chi connectivity index (χ1v) is 11.3. The topological polar surface area (TPSA) is 101 Å². The van der Waals surface area contributed by atoms with Crippen LogP contribution in [0.2, 0.25) is 0 Å². The minimum atomic E-state index is -1.63. The number of aliphatic hydroxyl groups is 2. The number of aliphatic hydroxyl groups excluding tert-OH is 1. The van der Waals surface area contributed by atoms with E-state index in [-0.39, 0.29) is 34.9 Å². The minimum Gasteiger partial charge on any atom is -0.458 e. The second-order valence-electron chi connectivity index (χ2n) is 10.7. The molecule has 30 heavy (non-hydrogen) atoms. The minimum absolute atomic E-state index is 0.0294. The van der Waals surface area contributed by atoms with Gasteiger partial charge in [0, 0.05) is 18.8 Å². The first-order chi connectivity index (χ1) is 13.9. The van der Waals surface area contributed by atoms with Gasteiger partial charge in [-0.3, -0.25) is 14.4 Å². The van der Waals surface area contributed by atoms with Crippen LogP contribution in [0.5, 0.6) is 0 Å². The highest BCUT2D eigenvalue weighted by Crippen LogP contribution is 2.68. The maximum Gasteiger partial charge on any atom is 0.303 e. The number of carbonyl (C=O) groups excluding carboxylic acids is 3. The van der Waals surface area contributed by atoms with E-state index < -0.39 is 35.5 Å². The van der Waals surface area contributed by atoms with Crippen LogP contribution in [0, 0.1) is 34.5 Å². The van der Waals surface area contributed by atoms with Gasteiger partial charge < -0.3 is 14.9 Å². The summed E-state index contributed by atoms with van der Waals surface area (Å²) in [6, 6.07) is 0. The van der Waals surface area contributed by atoms with E-state index in [4.69, 9.17) is 4.74 Å². The third-order valence-corrected chi connectivity index (χ3v) is 9.31. The lowest BCUT2D eigenvalue weighted by Gasteiger charge is -2.60. The lowest BCUT2D eigenvalue weighted by atomic mass is 9.45. The Hall–Kier alpha value is -1.53. The Balaban J connectivity index is 1.69. The fourth-order valence-electron chi connectivity index (χ4n) is 7.89. The molecule has 166 valence electrons. The summed E-state index contributed by atoms with van der Waals surface area (Å²) < 4.78 is 4.93. The van der Waals surface area contributed by atoms with Gasteiger partial charge >= 0.3 is 5.97 Å². The van der Waals surface area contributed by atoms with E-state index in [1.54, 1.807) is 6.08 Å². The van der Waals surface area contributed by atoms with Crippen molar-refractivity contribution in [2.24, 2.45) is 34.5 Å². The molecule has 0 spiro atoms.